The predicted octanol–water partition coefficient (Wildman–Crippen LogP) is -1.35. The van der Waals surface area contributed by atoms with Crippen LogP contribution in [0.1, 0.15) is 10.3 Å². The summed E-state index contributed by atoms with van der Waals surface area (Å²) in [6, 6.07) is 0. The molecule has 0 aromatic carbocycles. The van der Waals surface area contributed by atoms with Gasteiger partial charge in [-0.25, -0.2) is 0 Å². The average molecular weight is 127 g/mol. The molecule has 0 saturated heterocycles. The molecule has 0 N–H and O–H groups in total. The van der Waals surface area contributed by atoms with Crippen LogP contribution in [-0.2, 0) is 0 Å². The Balaban J connectivity index is -0.000000000833. The summed E-state index contributed by atoms with van der Waals surface area (Å²) in [6.45, 7) is 0. The van der Waals surface area contributed by atoms with Crippen molar-refractivity contribution in [3.8, 4) is 0 Å². The molecule has 0 aliphatic carbocycles. The molecular weight excluding hydrogens is 113 g/mol. The van der Waals surface area contributed by atoms with E-state index in [1.807, 2.05) is 0 Å². The molecule has 3 heteroatoms. The van der Waals surface area contributed by atoms with Gasteiger partial charge in [0.15, 0.2) is 0 Å². The molecule has 0 aromatic rings. The minimum Gasteiger partial charge on any atom is -1.00 e. The van der Waals surface area contributed by atoms with Crippen LogP contribution in [0.25, 0.3) is 0 Å². The molecule has 0 radical (unpaired) electrons. The molecule has 0 heterocycles. The maximum atomic E-state index is 2.33. The predicted molar refractivity (Wildman–Crippen MR) is 29.4 cm³/mol. The first-order valence-electron chi connectivity index (χ1n) is 0.333. The Morgan fingerprint density at radius 3 is 1.50 bits per heavy atom. The zero-order valence-electron chi connectivity index (χ0n) is 3.15. The maximum Gasteiger partial charge on any atom is 1.00 e. The van der Waals surface area contributed by atoms with Crippen LogP contribution in [0.2, 0.25) is 0 Å². The first-order valence-corrected chi connectivity index (χ1v) is 3.00. The SMILES string of the molecule is C.PP.[2H-].[3HH].[K+]. The Kier molecular flexibility index (Phi) is 71.6. The van der Waals surface area contributed by atoms with E-state index < -0.39 is 0 Å². The summed E-state index contributed by atoms with van der Waals surface area (Å²) in [6.07, 6.45) is 0. The molecule has 0 nitrogen and oxygen atoms in total. The molecule has 2 unspecified atom stereocenters. The van der Waals surface area contributed by atoms with E-state index in [1.54, 1.807) is 0 Å². The van der Waals surface area contributed by atoms with Crippen molar-refractivity contribution in [1.29, 1.82) is 0 Å². The van der Waals surface area contributed by atoms with Crippen LogP contribution in [-0.4, -0.2) is 0 Å². The standard InChI is InChI=1S/CH4.K.H4P2.H2.H/c;;1-2;;/h1H4;;1-2H2;1H;/q;+1;;;-1/i;;;1+2;1+1. The summed E-state index contributed by atoms with van der Waals surface area (Å²) < 4.78 is 0. The van der Waals surface area contributed by atoms with Crippen molar-refractivity contribution in [2.45, 2.75) is 7.43 Å². The number of hydrogen-bond donors (Lipinski definition) is 0. The largest absolute Gasteiger partial charge is 1.00 e. The zero-order chi connectivity index (χ0) is 2.00. The summed E-state index contributed by atoms with van der Waals surface area (Å²) in [4.78, 5) is 0. The van der Waals surface area contributed by atoms with Gasteiger partial charge in [-0.05, 0) is 0 Å². The van der Waals surface area contributed by atoms with Crippen LogP contribution in [0.4, 0.5) is 0 Å². The van der Waals surface area contributed by atoms with Crippen molar-refractivity contribution < 1.29 is 54.2 Å². The minimum absolute atomic E-state index is 0. The van der Waals surface area contributed by atoms with Crippen molar-refractivity contribution in [1.82, 2.24) is 0 Å². The molecule has 2 atom stereocenters. The third-order valence-corrected chi connectivity index (χ3v) is 0. The molecule has 26 valence electrons. The summed E-state index contributed by atoms with van der Waals surface area (Å²) >= 11 is 0. The second-order valence-electron chi connectivity index (χ2n) is 0. The fourth-order valence-electron chi connectivity index (χ4n) is 0. The quantitative estimate of drug-likeness (QED) is 0.279. The third-order valence-electron chi connectivity index (χ3n) is 0. The normalized spacial score (nSPS) is 1.50. The molecule has 0 aliphatic rings. The Morgan fingerprint density at radius 2 is 1.50 bits per heavy atom. The molecule has 0 saturated carbocycles. The second-order valence-corrected chi connectivity index (χ2v) is 0. The topological polar surface area (TPSA) is 0 Å². The van der Waals surface area contributed by atoms with Crippen molar-refractivity contribution >= 4 is 17.9 Å². The first kappa shape index (κ1) is 16.1. The summed E-state index contributed by atoms with van der Waals surface area (Å²) in [5.41, 5.74) is 0. The second kappa shape index (κ2) is 17.8. The fraction of sp³-hybridized carbons (Fsp3) is 1.00. The van der Waals surface area contributed by atoms with Gasteiger partial charge in [0, 0.05) is 1.43 Å². The van der Waals surface area contributed by atoms with Gasteiger partial charge >= 0.3 is 51.4 Å². The summed E-state index contributed by atoms with van der Waals surface area (Å²) in [5.74, 6) is 0. The van der Waals surface area contributed by atoms with Crippen LogP contribution in [0.3, 0.4) is 0 Å². The molecule has 0 spiro atoms. The van der Waals surface area contributed by atoms with E-state index in [0.717, 1.165) is 0 Å². The van der Waals surface area contributed by atoms with E-state index in [9.17, 15) is 0 Å². The van der Waals surface area contributed by atoms with E-state index in [-0.39, 0.29) is 61.7 Å². The van der Waals surface area contributed by atoms with Crippen molar-refractivity contribution in [3.63, 3.8) is 0 Å². The number of hydrogen-bond acceptors (Lipinski definition) is 0. The summed E-state index contributed by atoms with van der Waals surface area (Å²) in [5, 5.41) is 0. The molecule has 0 bridgehead atoms. The minimum atomic E-state index is 0. The van der Waals surface area contributed by atoms with Gasteiger partial charge in [0.25, 0.3) is 0 Å². The molecule has 0 rings (SSSR count). The fourth-order valence-corrected chi connectivity index (χ4v) is 0. The smallest absolute Gasteiger partial charge is 1.00 e. The Bertz CT molecular complexity index is 11.5. The van der Waals surface area contributed by atoms with Gasteiger partial charge in [-0.2, -0.15) is 0 Å². The van der Waals surface area contributed by atoms with Gasteiger partial charge in [-0.1, -0.05) is 7.43 Å². The third kappa shape index (κ3) is 8.82. The van der Waals surface area contributed by atoms with Crippen LogP contribution >= 0.6 is 17.9 Å². The van der Waals surface area contributed by atoms with E-state index in [2.05, 4.69) is 17.9 Å². The van der Waals surface area contributed by atoms with Crippen molar-refractivity contribution in [2.75, 3.05) is 0 Å². The van der Waals surface area contributed by atoms with Crippen molar-refractivity contribution in [3.05, 3.63) is 0 Å². The van der Waals surface area contributed by atoms with E-state index in [1.165, 1.54) is 0 Å². The van der Waals surface area contributed by atoms with E-state index >= 15 is 0 Å². The van der Waals surface area contributed by atoms with Gasteiger partial charge in [-0.15, -0.1) is 17.9 Å². The maximum absolute atomic E-state index is 2.33. The zero-order valence-corrected chi connectivity index (χ0v) is 7.59. The Labute approximate surface area is 78.2 Å². The van der Waals surface area contributed by atoms with Crippen LogP contribution in [0, 0.1) is 0 Å². The van der Waals surface area contributed by atoms with Gasteiger partial charge in [0.05, 0.1) is 0 Å². The monoisotopic (exact) mass is 127 g/mol. The van der Waals surface area contributed by atoms with Crippen LogP contribution in [0.15, 0.2) is 0 Å². The van der Waals surface area contributed by atoms with Crippen LogP contribution < -0.4 is 51.4 Å². The molecule has 0 aromatic heterocycles. The first-order chi connectivity index (χ1) is 1.00. The number of rotatable bonds is 0. The summed E-state index contributed by atoms with van der Waals surface area (Å²) in [7, 11) is 4.67. The van der Waals surface area contributed by atoms with E-state index in [0.29, 0.717) is 0 Å². The average Bonchev–Trinajstić information content (AvgIpc) is 1.00. The molecule has 4 heavy (non-hydrogen) atoms. The van der Waals surface area contributed by atoms with Crippen molar-refractivity contribution in [2.24, 2.45) is 0 Å². The van der Waals surface area contributed by atoms with Gasteiger partial charge in [0.2, 0.25) is 0 Å². The molecular formula is CH11KP2. The molecule has 0 fully saturated rings. The Morgan fingerprint density at radius 1 is 1.50 bits per heavy atom. The van der Waals surface area contributed by atoms with Gasteiger partial charge in [0.1, 0.15) is 0 Å². The Hall–Kier alpha value is 2.50. The van der Waals surface area contributed by atoms with Crippen LogP contribution in [0.5, 0.6) is 0 Å². The molecule has 0 amide bonds. The van der Waals surface area contributed by atoms with Gasteiger partial charge in [-0.3, -0.25) is 0 Å². The molecule has 0 aliphatic heterocycles. The van der Waals surface area contributed by atoms with Gasteiger partial charge < -0.3 is 1.43 Å². The van der Waals surface area contributed by atoms with E-state index in [4.69, 9.17) is 0 Å².